The fourth-order valence-corrected chi connectivity index (χ4v) is 1.02. The van der Waals surface area contributed by atoms with E-state index in [1.54, 1.807) is 31.2 Å². The van der Waals surface area contributed by atoms with E-state index >= 15 is 0 Å². The standard InChI is InChI=1S/C9H8Cl2O2/c1-6(9(11)12)13-8-4-2-3-7(10)5-8/h2-6H,1H3/t6-/m1/s1. The highest BCUT2D eigenvalue weighted by Crippen LogP contribution is 2.18. The van der Waals surface area contributed by atoms with Crippen molar-refractivity contribution in [2.45, 2.75) is 13.0 Å². The summed E-state index contributed by atoms with van der Waals surface area (Å²) in [6.45, 7) is 1.58. The highest BCUT2D eigenvalue weighted by atomic mass is 35.5. The molecule has 0 bridgehead atoms. The van der Waals surface area contributed by atoms with Crippen molar-refractivity contribution in [3.8, 4) is 5.75 Å². The highest BCUT2D eigenvalue weighted by molar-refractivity contribution is 6.64. The third-order valence-corrected chi connectivity index (χ3v) is 1.97. The molecule has 1 rings (SSSR count). The van der Waals surface area contributed by atoms with Gasteiger partial charge in [0, 0.05) is 5.02 Å². The molecule has 13 heavy (non-hydrogen) atoms. The Bertz CT molecular complexity index is 312. The molecule has 0 N–H and O–H groups in total. The van der Waals surface area contributed by atoms with Crippen molar-refractivity contribution in [2.24, 2.45) is 0 Å². The van der Waals surface area contributed by atoms with Gasteiger partial charge in [0.2, 0.25) is 0 Å². The Morgan fingerprint density at radius 1 is 1.54 bits per heavy atom. The summed E-state index contributed by atoms with van der Waals surface area (Å²) in [5.74, 6) is 0.536. The Morgan fingerprint density at radius 3 is 2.77 bits per heavy atom. The average molecular weight is 219 g/mol. The fourth-order valence-electron chi connectivity index (χ4n) is 0.791. The molecule has 2 nitrogen and oxygen atoms in total. The molecule has 0 saturated carbocycles. The van der Waals surface area contributed by atoms with E-state index in [4.69, 9.17) is 27.9 Å². The summed E-state index contributed by atoms with van der Waals surface area (Å²) in [5.41, 5.74) is 0. The number of ether oxygens (including phenoxy) is 1. The molecule has 4 heteroatoms. The second-order valence-electron chi connectivity index (χ2n) is 2.52. The first-order valence-corrected chi connectivity index (χ1v) is 4.47. The quantitative estimate of drug-likeness (QED) is 0.730. The Hall–Kier alpha value is -0.730. The van der Waals surface area contributed by atoms with E-state index in [1.807, 2.05) is 0 Å². The van der Waals surface area contributed by atoms with Crippen molar-refractivity contribution in [3.05, 3.63) is 29.3 Å². The molecule has 1 atom stereocenters. The van der Waals surface area contributed by atoms with Gasteiger partial charge in [-0.05, 0) is 36.7 Å². The minimum atomic E-state index is -0.653. The van der Waals surface area contributed by atoms with Gasteiger partial charge in [-0.15, -0.1) is 0 Å². The van der Waals surface area contributed by atoms with E-state index < -0.39 is 11.3 Å². The molecule has 0 saturated heterocycles. The van der Waals surface area contributed by atoms with Crippen molar-refractivity contribution >= 4 is 28.4 Å². The van der Waals surface area contributed by atoms with E-state index in [0.29, 0.717) is 10.8 Å². The van der Waals surface area contributed by atoms with E-state index in [9.17, 15) is 4.79 Å². The van der Waals surface area contributed by atoms with Crippen LogP contribution in [0.5, 0.6) is 5.75 Å². The number of carbonyl (C=O) groups excluding carboxylic acids is 1. The van der Waals surface area contributed by atoms with Gasteiger partial charge in [0.15, 0.2) is 6.10 Å². The topological polar surface area (TPSA) is 26.3 Å². The Kier molecular flexibility index (Phi) is 3.58. The van der Waals surface area contributed by atoms with E-state index in [2.05, 4.69) is 0 Å². The van der Waals surface area contributed by atoms with E-state index in [0.717, 1.165) is 0 Å². The molecule has 0 aliphatic carbocycles. The van der Waals surface area contributed by atoms with Crippen LogP contribution in [0.2, 0.25) is 5.02 Å². The molecule has 0 radical (unpaired) electrons. The van der Waals surface area contributed by atoms with Crippen molar-refractivity contribution in [1.29, 1.82) is 0 Å². The normalized spacial score (nSPS) is 12.2. The zero-order chi connectivity index (χ0) is 9.84. The molecular formula is C9H8Cl2O2. The molecular weight excluding hydrogens is 211 g/mol. The fraction of sp³-hybridized carbons (Fsp3) is 0.222. The minimum Gasteiger partial charge on any atom is -0.482 e. The monoisotopic (exact) mass is 218 g/mol. The number of carbonyl (C=O) groups is 1. The molecule has 0 aliphatic heterocycles. The van der Waals surface area contributed by atoms with Gasteiger partial charge in [0.1, 0.15) is 5.75 Å². The van der Waals surface area contributed by atoms with Crippen LogP contribution in [0.1, 0.15) is 6.92 Å². The lowest BCUT2D eigenvalue weighted by Crippen LogP contribution is -2.18. The summed E-state index contributed by atoms with van der Waals surface area (Å²) < 4.78 is 5.19. The average Bonchev–Trinajstić information content (AvgIpc) is 2.04. The molecule has 0 amide bonds. The molecule has 0 unspecified atom stereocenters. The third kappa shape index (κ3) is 3.25. The van der Waals surface area contributed by atoms with Crippen LogP contribution in [0.25, 0.3) is 0 Å². The summed E-state index contributed by atoms with van der Waals surface area (Å²) in [4.78, 5) is 10.6. The van der Waals surface area contributed by atoms with Crippen LogP contribution in [0.4, 0.5) is 0 Å². The first-order valence-electron chi connectivity index (χ1n) is 3.71. The van der Waals surface area contributed by atoms with Gasteiger partial charge in [-0.25, -0.2) is 0 Å². The van der Waals surface area contributed by atoms with Gasteiger partial charge < -0.3 is 4.74 Å². The third-order valence-electron chi connectivity index (χ3n) is 1.43. The van der Waals surface area contributed by atoms with Crippen LogP contribution in [0, 0.1) is 0 Å². The van der Waals surface area contributed by atoms with Crippen LogP contribution < -0.4 is 4.74 Å². The van der Waals surface area contributed by atoms with Gasteiger partial charge >= 0.3 is 0 Å². The molecule has 0 fully saturated rings. The van der Waals surface area contributed by atoms with Crippen molar-refractivity contribution in [1.82, 2.24) is 0 Å². The van der Waals surface area contributed by atoms with Gasteiger partial charge in [-0.3, -0.25) is 4.79 Å². The van der Waals surface area contributed by atoms with E-state index in [1.165, 1.54) is 0 Å². The first-order chi connectivity index (χ1) is 6.09. The van der Waals surface area contributed by atoms with Gasteiger partial charge in [-0.2, -0.15) is 0 Å². The van der Waals surface area contributed by atoms with Crippen molar-refractivity contribution < 1.29 is 9.53 Å². The molecule has 0 aliphatic rings. The summed E-state index contributed by atoms with van der Waals surface area (Å²) in [5, 5.41) is 0.0340. The van der Waals surface area contributed by atoms with Crippen molar-refractivity contribution in [2.75, 3.05) is 0 Å². The molecule has 0 spiro atoms. The van der Waals surface area contributed by atoms with Crippen LogP contribution in [-0.4, -0.2) is 11.3 Å². The van der Waals surface area contributed by atoms with Gasteiger partial charge in [0.25, 0.3) is 5.24 Å². The number of hydrogen-bond donors (Lipinski definition) is 0. The number of benzene rings is 1. The molecule has 70 valence electrons. The smallest absolute Gasteiger partial charge is 0.262 e. The maximum atomic E-state index is 10.6. The predicted molar refractivity (Wildman–Crippen MR) is 52.4 cm³/mol. The molecule has 1 aromatic carbocycles. The Balaban J connectivity index is 2.69. The lowest BCUT2D eigenvalue weighted by molar-refractivity contribution is -0.117. The predicted octanol–water partition coefficient (Wildman–Crippen LogP) is 2.87. The minimum absolute atomic E-state index is 0.528. The Morgan fingerprint density at radius 2 is 2.23 bits per heavy atom. The highest BCUT2D eigenvalue weighted by Gasteiger charge is 2.10. The summed E-state index contributed by atoms with van der Waals surface area (Å²) in [7, 11) is 0. The van der Waals surface area contributed by atoms with Gasteiger partial charge in [0.05, 0.1) is 0 Å². The van der Waals surface area contributed by atoms with Crippen LogP contribution in [0.3, 0.4) is 0 Å². The number of rotatable bonds is 3. The molecule has 1 aromatic rings. The van der Waals surface area contributed by atoms with Crippen LogP contribution in [0.15, 0.2) is 24.3 Å². The largest absolute Gasteiger partial charge is 0.482 e. The number of halogens is 2. The summed E-state index contributed by atoms with van der Waals surface area (Å²) in [6.07, 6.45) is -0.653. The SMILES string of the molecule is C[C@@H](Oc1cccc(Cl)c1)C(=O)Cl. The zero-order valence-corrected chi connectivity index (χ0v) is 8.47. The van der Waals surface area contributed by atoms with Crippen LogP contribution >= 0.6 is 23.2 Å². The summed E-state index contributed by atoms with van der Waals surface area (Å²) in [6, 6.07) is 6.80. The molecule has 0 aromatic heterocycles. The lowest BCUT2D eigenvalue weighted by atomic mass is 10.3. The maximum absolute atomic E-state index is 10.6. The summed E-state index contributed by atoms with van der Waals surface area (Å²) >= 11 is 10.9. The van der Waals surface area contributed by atoms with Crippen molar-refractivity contribution in [3.63, 3.8) is 0 Å². The maximum Gasteiger partial charge on any atom is 0.262 e. The van der Waals surface area contributed by atoms with Gasteiger partial charge in [-0.1, -0.05) is 17.7 Å². The molecule has 0 heterocycles. The Labute approximate surface area is 86.4 Å². The second-order valence-corrected chi connectivity index (χ2v) is 3.33. The lowest BCUT2D eigenvalue weighted by Gasteiger charge is -2.09. The number of hydrogen-bond acceptors (Lipinski definition) is 2. The van der Waals surface area contributed by atoms with Crippen LogP contribution in [-0.2, 0) is 4.79 Å². The van der Waals surface area contributed by atoms with E-state index in [-0.39, 0.29) is 0 Å². The second kappa shape index (κ2) is 4.49. The first kappa shape index (κ1) is 10.4. The zero-order valence-electron chi connectivity index (χ0n) is 6.96.